The fourth-order valence-electron chi connectivity index (χ4n) is 2.88. The van der Waals surface area contributed by atoms with Crippen molar-refractivity contribution < 1.29 is 9.90 Å². The van der Waals surface area contributed by atoms with Crippen molar-refractivity contribution in [3.05, 3.63) is 0 Å². The summed E-state index contributed by atoms with van der Waals surface area (Å²) in [5, 5.41) is 14.7. The van der Waals surface area contributed by atoms with Gasteiger partial charge in [0, 0.05) is 5.54 Å². The second-order valence-electron chi connectivity index (χ2n) is 6.46. The number of hydrogen-bond acceptors (Lipinski definition) is 2. The molecule has 0 aromatic heterocycles. The minimum atomic E-state index is -0.920. The van der Waals surface area contributed by atoms with Crippen LogP contribution in [0.5, 0.6) is 0 Å². The molecule has 4 nitrogen and oxygen atoms in total. The summed E-state index contributed by atoms with van der Waals surface area (Å²) in [6.45, 7) is 6.30. The molecule has 19 heavy (non-hydrogen) atoms. The molecule has 4 heteroatoms. The maximum atomic E-state index is 10.6. The molecule has 0 unspecified atom stereocenters. The van der Waals surface area contributed by atoms with Gasteiger partial charge in [0.15, 0.2) is 0 Å². The van der Waals surface area contributed by atoms with E-state index in [0.717, 1.165) is 18.8 Å². The zero-order valence-electron chi connectivity index (χ0n) is 12.5. The number of carboxylic acid groups (broad SMARTS) is 1. The van der Waals surface area contributed by atoms with E-state index in [1.807, 2.05) is 13.8 Å². The van der Waals surface area contributed by atoms with Gasteiger partial charge in [0.2, 0.25) is 0 Å². The Bertz CT molecular complexity index is 261. The second kappa shape index (κ2) is 8.41. The molecule has 0 aromatic rings. The van der Waals surface area contributed by atoms with E-state index in [0.29, 0.717) is 0 Å². The molecule has 1 saturated heterocycles. The lowest BCUT2D eigenvalue weighted by Crippen LogP contribution is -2.42. The summed E-state index contributed by atoms with van der Waals surface area (Å²) in [7, 11) is 0. The number of rotatable bonds is 8. The van der Waals surface area contributed by atoms with Gasteiger partial charge >= 0.3 is 6.09 Å². The lowest BCUT2D eigenvalue weighted by Gasteiger charge is -2.24. The Morgan fingerprint density at radius 3 is 2.47 bits per heavy atom. The molecule has 1 amide bonds. The van der Waals surface area contributed by atoms with Crippen LogP contribution in [-0.2, 0) is 0 Å². The predicted octanol–water partition coefficient (Wildman–Crippen LogP) is 3.37. The molecule has 0 radical (unpaired) electrons. The van der Waals surface area contributed by atoms with Gasteiger partial charge in [-0.15, -0.1) is 0 Å². The molecule has 0 spiro atoms. The Labute approximate surface area is 117 Å². The fourth-order valence-corrected chi connectivity index (χ4v) is 2.88. The van der Waals surface area contributed by atoms with Gasteiger partial charge in [0.25, 0.3) is 0 Å². The van der Waals surface area contributed by atoms with Crippen molar-refractivity contribution in [2.75, 3.05) is 13.1 Å². The molecule has 112 valence electrons. The molecule has 0 saturated carbocycles. The van der Waals surface area contributed by atoms with Crippen molar-refractivity contribution in [1.82, 2.24) is 10.6 Å². The van der Waals surface area contributed by atoms with Crippen LogP contribution in [0, 0.1) is 5.92 Å². The number of nitrogens with one attached hydrogen (secondary N) is 2. The van der Waals surface area contributed by atoms with Crippen LogP contribution in [0.1, 0.15) is 65.2 Å². The molecule has 0 bridgehead atoms. The van der Waals surface area contributed by atoms with E-state index in [1.165, 1.54) is 51.6 Å². The highest BCUT2D eigenvalue weighted by molar-refractivity contribution is 5.65. The third kappa shape index (κ3) is 8.09. The van der Waals surface area contributed by atoms with Crippen LogP contribution in [0.2, 0.25) is 0 Å². The summed E-state index contributed by atoms with van der Waals surface area (Å²) < 4.78 is 0. The van der Waals surface area contributed by atoms with E-state index >= 15 is 0 Å². The van der Waals surface area contributed by atoms with Gasteiger partial charge in [-0.25, -0.2) is 4.79 Å². The van der Waals surface area contributed by atoms with E-state index in [1.54, 1.807) is 0 Å². The molecule has 1 fully saturated rings. The summed E-state index contributed by atoms with van der Waals surface area (Å²) in [6, 6.07) is 0. The summed E-state index contributed by atoms with van der Waals surface area (Å²) in [4.78, 5) is 10.6. The quantitative estimate of drug-likeness (QED) is 0.593. The van der Waals surface area contributed by atoms with Gasteiger partial charge in [-0.1, -0.05) is 32.1 Å². The monoisotopic (exact) mass is 270 g/mol. The average molecular weight is 270 g/mol. The Kier molecular flexibility index (Phi) is 7.21. The van der Waals surface area contributed by atoms with Gasteiger partial charge in [-0.05, 0) is 52.1 Å². The first kappa shape index (κ1) is 16.3. The van der Waals surface area contributed by atoms with E-state index in [4.69, 9.17) is 5.11 Å². The molecule has 0 aliphatic carbocycles. The van der Waals surface area contributed by atoms with Crippen LogP contribution in [0.3, 0.4) is 0 Å². The Morgan fingerprint density at radius 2 is 1.84 bits per heavy atom. The van der Waals surface area contributed by atoms with Crippen LogP contribution >= 0.6 is 0 Å². The smallest absolute Gasteiger partial charge is 0.405 e. The Morgan fingerprint density at radius 1 is 1.21 bits per heavy atom. The maximum absolute atomic E-state index is 10.6. The van der Waals surface area contributed by atoms with Gasteiger partial charge < -0.3 is 15.7 Å². The summed E-state index contributed by atoms with van der Waals surface area (Å²) >= 11 is 0. The normalized spacial score (nSPS) is 17.4. The van der Waals surface area contributed by atoms with Crippen molar-refractivity contribution >= 4 is 6.09 Å². The average Bonchev–Trinajstić information content (AvgIpc) is 2.33. The van der Waals surface area contributed by atoms with Crippen LogP contribution in [0.4, 0.5) is 4.79 Å². The third-order valence-corrected chi connectivity index (χ3v) is 4.07. The molecule has 1 heterocycles. The molecular weight excluding hydrogens is 240 g/mol. The van der Waals surface area contributed by atoms with E-state index < -0.39 is 6.09 Å². The zero-order chi connectivity index (χ0) is 14.1. The Balaban J connectivity index is 1.97. The standard InChI is InChI=1S/C15H30N2O2/c1-15(2,17-14(18)19)10-6-4-3-5-7-13-8-11-16-12-9-13/h13,16-17H,3-12H2,1-2H3,(H,18,19). The predicted molar refractivity (Wildman–Crippen MR) is 78.5 cm³/mol. The number of hydrogen-bond donors (Lipinski definition) is 3. The first-order valence-electron chi connectivity index (χ1n) is 7.71. The lowest BCUT2D eigenvalue weighted by molar-refractivity contribution is 0.180. The van der Waals surface area contributed by atoms with Gasteiger partial charge in [0.1, 0.15) is 0 Å². The molecule has 3 N–H and O–H groups in total. The zero-order valence-corrected chi connectivity index (χ0v) is 12.5. The van der Waals surface area contributed by atoms with E-state index in [9.17, 15) is 4.79 Å². The van der Waals surface area contributed by atoms with Crippen LogP contribution in [0.25, 0.3) is 0 Å². The first-order valence-corrected chi connectivity index (χ1v) is 7.71. The SMILES string of the molecule is CC(C)(CCCCCCC1CCNCC1)NC(=O)O. The van der Waals surface area contributed by atoms with Crippen molar-refractivity contribution in [3.63, 3.8) is 0 Å². The van der Waals surface area contributed by atoms with Gasteiger partial charge in [-0.2, -0.15) is 0 Å². The van der Waals surface area contributed by atoms with Gasteiger partial charge in [0.05, 0.1) is 0 Å². The number of piperidine rings is 1. The lowest BCUT2D eigenvalue weighted by atomic mass is 9.91. The third-order valence-electron chi connectivity index (χ3n) is 4.07. The summed E-state index contributed by atoms with van der Waals surface area (Å²) in [5.41, 5.74) is -0.291. The van der Waals surface area contributed by atoms with Gasteiger partial charge in [-0.3, -0.25) is 0 Å². The van der Waals surface area contributed by atoms with Crippen molar-refractivity contribution in [3.8, 4) is 0 Å². The summed E-state index contributed by atoms with van der Waals surface area (Å²) in [6.07, 6.45) is 9.01. The highest BCUT2D eigenvalue weighted by Crippen LogP contribution is 2.20. The van der Waals surface area contributed by atoms with E-state index in [2.05, 4.69) is 10.6 Å². The first-order chi connectivity index (χ1) is 8.99. The topological polar surface area (TPSA) is 61.4 Å². The molecule has 1 aliphatic heterocycles. The van der Waals surface area contributed by atoms with Crippen molar-refractivity contribution in [2.24, 2.45) is 5.92 Å². The molecule has 0 aromatic carbocycles. The summed E-state index contributed by atoms with van der Waals surface area (Å²) in [5.74, 6) is 0.936. The minimum absolute atomic E-state index is 0.291. The number of unbranched alkanes of at least 4 members (excludes halogenated alkanes) is 3. The largest absolute Gasteiger partial charge is 0.465 e. The van der Waals surface area contributed by atoms with E-state index in [-0.39, 0.29) is 5.54 Å². The molecule has 1 aliphatic rings. The minimum Gasteiger partial charge on any atom is -0.465 e. The van der Waals surface area contributed by atoms with Crippen LogP contribution in [0.15, 0.2) is 0 Å². The highest BCUT2D eigenvalue weighted by atomic mass is 16.4. The number of carbonyl (C=O) groups is 1. The Hall–Kier alpha value is -0.770. The highest BCUT2D eigenvalue weighted by Gasteiger charge is 2.19. The molecular formula is C15H30N2O2. The van der Waals surface area contributed by atoms with Crippen LogP contribution in [-0.4, -0.2) is 29.8 Å². The van der Waals surface area contributed by atoms with Crippen molar-refractivity contribution in [2.45, 2.75) is 70.8 Å². The molecule has 1 rings (SSSR count). The fraction of sp³-hybridized carbons (Fsp3) is 0.933. The maximum Gasteiger partial charge on any atom is 0.405 e. The number of amides is 1. The van der Waals surface area contributed by atoms with Crippen molar-refractivity contribution in [1.29, 1.82) is 0 Å². The van der Waals surface area contributed by atoms with Crippen LogP contribution < -0.4 is 10.6 Å². The second-order valence-corrected chi connectivity index (χ2v) is 6.46. The molecule has 0 atom stereocenters.